The third-order valence-corrected chi connectivity index (χ3v) is 2.83. The van der Waals surface area contributed by atoms with Crippen LogP contribution in [0.25, 0.3) is 0 Å². The first-order valence-corrected chi connectivity index (χ1v) is 4.59. The number of halogens is 3. The van der Waals surface area contributed by atoms with E-state index in [2.05, 4.69) is 48.4 Å². The first kappa shape index (κ1) is 13.8. The van der Waals surface area contributed by atoms with Crippen LogP contribution in [-0.2, 0) is 0 Å². The van der Waals surface area contributed by atoms with Crippen molar-refractivity contribution in [2.75, 3.05) is 0 Å². The summed E-state index contributed by atoms with van der Waals surface area (Å²) in [6, 6.07) is 0. The first-order chi connectivity index (χ1) is 5.46. The van der Waals surface area contributed by atoms with Crippen molar-refractivity contribution in [1.82, 2.24) is 10.8 Å². The summed E-state index contributed by atoms with van der Waals surface area (Å²) < 4.78 is 1.79. The van der Waals surface area contributed by atoms with E-state index in [4.69, 9.17) is 0 Å². The summed E-state index contributed by atoms with van der Waals surface area (Å²) in [7, 11) is 0. The molecule has 68 valence electrons. The second-order valence-electron chi connectivity index (χ2n) is 1.69. The van der Waals surface area contributed by atoms with E-state index in [1.165, 1.54) is 0 Å². The molecule has 0 atom stereocenters. The van der Waals surface area contributed by atoms with Crippen LogP contribution in [0, 0.1) is 0 Å². The summed E-state index contributed by atoms with van der Waals surface area (Å²) in [5, 5.41) is 0. The minimum atomic E-state index is -0.805. The fraction of sp³-hybridized carbons (Fsp3) is 0. The Hall–Kier alpha value is 0.850. The van der Waals surface area contributed by atoms with Crippen molar-refractivity contribution in [2.45, 2.75) is 0 Å². The van der Waals surface area contributed by atoms with Gasteiger partial charge in [-0.05, 0) is 0 Å². The number of rotatable bonds is 0. The van der Waals surface area contributed by atoms with Gasteiger partial charge in [0.1, 0.15) is 0 Å². The molecule has 0 saturated carbocycles. The summed E-state index contributed by atoms with van der Waals surface area (Å²) in [5.74, 6) is 0. The fourth-order valence-electron chi connectivity index (χ4n) is 0.477. The van der Waals surface area contributed by atoms with E-state index in [-0.39, 0.29) is 31.0 Å². The summed E-state index contributed by atoms with van der Waals surface area (Å²) in [6.45, 7) is 0. The van der Waals surface area contributed by atoms with Gasteiger partial charge in [-0.1, -0.05) is 0 Å². The second kappa shape index (κ2) is 5.08. The van der Waals surface area contributed by atoms with Gasteiger partial charge in [-0.25, -0.2) is 14.4 Å². The van der Waals surface area contributed by atoms with Gasteiger partial charge in [-0.3, -0.25) is 0 Å². The third kappa shape index (κ3) is 2.45. The molecule has 0 saturated heterocycles. The van der Waals surface area contributed by atoms with E-state index in [9.17, 15) is 14.4 Å². The van der Waals surface area contributed by atoms with Gasteiger partial charge in [0.25, 0.3) is 0 Å². The molecule has 1 rings (SSSR count). The van der Waals surface area contributed by atoms with Gasteiger partial charge in [-0.2, -0.15) is 10.8 Å². The van der Waals surface area contributed by atoms with Gasteiger partial charge in [0.15, 0.2) is 0 Å². The zero-order valence-electron chi connectivity index (χ0n) is 7.20. The van der Waals surface area contributed by atoms with E-state index in [1.54, 1.807) is 0 Å². The van der Waals surface area contributed by atoms with Crippen LogP contribution in [0.1, 0.15) is 1.43 Å². The van der Waals surface area contributed by atoms with Crippen LogP contribution in [0.2, 0.25) is 0 Å². The Labute approximate surface area is 120 Å². The number of aromatic nitrogens is 3. The topological polar surface area (TPSA) is 66.0 Å². The molecular formula is C3HBr3N3NaO3. The van der Waals surface area contributed by atoms with Gasteiger partial charge in [0, 0.05) is 0 Å². The first-order valence-electron chi connectivity index (χ1n) is 2.46. The maximum Gasteiger partial charge on any atom is 1.00 e. The molecule has 0 fully saturated rings. The van der Waals surface area contributed by atoms with Crippen molar-refractivity contribution in [3.8, 4) is 0 Å². The predicted molar refractivity (Wildman–Crippen MR) is 53.3 cm³/mol. The maximum absolute atomic E-state index is 11.0. The molecule has 0 spiro atoms. The summed E-state index contributed by atoms with van der Waals surface area (Å²) in [5.41, 5.74) is -2.41. The van der Waals surface area contributed by atoms with Crippen LogP contribution in [0.15, 0.2) is 14.4 Å². The zero-order valence-corrected chi connectivity index (χ0v) is 13.0. The van der Waals surface area contributed by atoms with E-state index < -0.39 is 17.1 Å². The quantitative estimate of drug-likeness (QED) is 0.438. The number of hydrogen-bond acceptors (Lipinski definition) is 3. The van der Waals surface area contributed by atoms with Crippen molar-refractivity contribution < 1.29 is 31.0 Å². The van der Waals surface area contributed by atoms with Gasteiger partial charge in [-0.15, -0.1) is 0 Å². The summed E-state index contributed by atoms with van der Waals surface area (Å²) >= 11 is 8.00. The molecule has 10 heteroatoms. The van der Waals surface area contributed by atoms with E-state index in [0.29, 0.717) is 10.8 Å². The summed E-state index contributed by atoms with van der Waals surface area (Å²) in [4.78, 5) is 32.9. The average Bonchev–Trinajstić information content (AvgIpc) is 2.08. The van der Waals surface area contributed by atoms with Crippen molar-refractivity contribution in [3.05, 3.63) is 31.5 Å². The molecule has 1 aromatic heterocycles. The molecule has 0 amide bonds. The van der Waals surface area contributed by atoms with Crippen molar-refractivity contribution in [2.24, 2.45) is 0 Å². The second-order valence-corrected chi connectivity index (χ2v) is 3.82. The molecule has 13 heavy (non-hydrogen) atoms. The van der Waals surface area contributed by atoms with Crippen molar-refractivity contribution in [1.29, 1.82) is 0 Å². The van der Waals surface area contributed by atoms with Gasteiger partial charge >= 0.3 is 46.6 Å². The Morgan fingerprint density at radius 2 is 0.923 bits per heavy atom. The van der Waals surface area contributed by atoms with Crippen LogP contribution in [0.3, 0.4) is 0 Å². The van der Waals surface area contributed by atoms with Crippen LogP contribution < -0.4 is 46.6 Å². The Bertz CT molecular complexity index is 391. The Balaban J connectivity index is 0. The molecule has 0 unspecified atom stereocenters. The smallest absolute Gasteiger partial charge is 1.00 e. The molecule has 1 heterocycles. The number of hydrogen-bond donors (Lipinski definition) is 0. The van der Waals surface area contributed by atoms with Crippen molar-refractivity contribution >= 4 is 48.4 Å². The SMILES string of the molecule is O=c1n(Br)c(=O)n(Br)c(=O)n1Br.[H-].[Na+]. The molecule has 0 aliphatic rings. The monoisotopic (exact) mass is 387 g/mol. The van der Waals surface area contributed by atoms with Crippen LogP contribution in [0.5, 0.6) is 0 Å². The minimum Gasteiger partial charge on any atom is -1.00 e. The van der Waals surface area contributed by atoms with Crippen LogP contribution in [-0.4, -0.2) is 10.8 Å². The van der Waals surface area contributed by atoms with E-state index in [1.807, 2.05) is 0 Å². The zero-order chi connectivity index (χ0) is 9.46. The normalized spacial score (nSPS) is 9.46. The molecule has 6 nitrogen and oxygen atoms in total. The van der Waals surface area contributed by atoms with Gasteiger partial charge < -0.3 is 1.43 Å². The average molecular weight is 390 g/mol. The fourth-order valence-corrected chi connectivity index (χ4v) is 2.07. The molecule has 0 bridgehead atoms. The summed E-state index contributed by atoms with van der Waals surface area (Å²) in [6.07, 6.45) is 0. The molecule has 0 N–H and O–H groups in total. The molecule has 0 aliphatic heterocycles. The largest absolute Gasteiger partial charge is 1.00 e. The molecule has 0 aromatic carbocycles. The van der Waals surface area contributed by atoms with Crippen molar-refractivity contribution in [3.63, 3.8) is 0 Å². The third-order valence-electron chi connectivity index (χ3n) is 1.01. The standard InChI is InChI=1S/C3Br3N3O3.Na.H/c4-7-1(10)8(5)3(12)9(6)2(7)11;;/q;+1;-1. The Morgan fingerprint density at radius 1 is 0.769 bits per heavy atom. The number of nitrogens with zero attached hydrogens (tertiary/aromatic N) is 3. The van der Waals surface area contributed by atoms with E-state index in [0.717, 1.165) is 0 Å². The molecule has 0 radical (unpaired) electrons. The Morgan fingerprint density at radius 3 is 1.08 bits per heavy atom. The predicted octanol–water partition coefficient (Wildman–Crippen LogP) is -3.24. The van der Waals surface area contributed by atoms with E-state index >= 15 is 0 Å². The minimum absolute atomic E-state index is 0. The Kier molecular flexibility index (Phi) is 5.41. The van der Waals surface area contributed by atoms with Crippen LogP contribution >= 0.6 is 48.4 Å². The maximum atomic E-state index is 11.0. The molecule has 0 aliphatic carbocycles. The van der Waals surface area contributed by atoms with Crippen LogP contribution in [0.4, 0.5) is 0 Å². The van der Waals surface area contributed by atoms with Gasteiger partial charge in [0.2, 0.25) is 0 Å². The van der Waals surface area contributed by atoms with Gasteiger partial charge in [0.05, 0.1) is 48.4 Å². The molecular weight excluding hydrogens is 389 g/mol. The molecule has 1 aromatic rings.